The van der Waals surface area contributed by atoms with Crippen LogP contribution in [0.1, 0.15) is 5.56 Å². The molecule has 0 heterocycles. The highest BCUT2D eigenvalue weighted by atomic mass is 35.5. The molecule has 13 heavy (non-hydrogen) atoms. The molecule has 0 saturated heterocycles. The molecule has 0 unspecified atom stereocenters. The smallest absolute Gasteiger partial charge is 0.182 e. The van der Waals surface area contributed by atoms with Gasteiger partial charge in [0.05, 0.1) is 16.3 Å². The van der Waals surface area contributed by atoms with Gasteiger partial charge in [-0.25, -0.2) is 0 Å². The highest BCUT2D eigenvalue weighted by Crippen LogP contribution is 2.36. The Hall–Kier alpha value is -0.680. The predicted octanol–water partition coefficient (Wildman–Crippen LogP) is 3.72. The highest BCUT2D eigenvalue weighted by Gasteiger charge is 2.32. The molecule has 0 saturated carbocycles. The molecular weight excluding hydrogens is 223 g/mol. The summed E-state index contributed by atoms with van der Waals surface area (Å²) in [4.78, 5) is 0. The topological polar surface area (TPSA) is 12.4 Å². The van der Waals surface area contributed by atoms with Crippen molar-refractivity contribution in [1.29, 1.82) is 0 Å². The summed E-state index contributed by atoms with van der Waals surface area (Å²) in [6.07, 6.45) is -4.43. The number of hydrogen-bond acceptors (Lipinski definition) is 2. The second kappa shape index (κ2) is 3.59. The average Bonchev–Trinajstić information content (AvgIpc) is 2.01. The van der Waals surface area contributed by atoms with E-state index in [9.17, 15) is 13.2 Å². The maximum atomic E-state index is 12.1. The van der Waals surface area contributed by atoms with E-state index in [2.05, 4.69) is 16.8 Å². The van der Waals surface area contributed by atoms with E-state index < -0.39 is 16.8 Å². The van der Waals surface area contributed by atoms with E-state index in [1.807, 2.05) is 0 Å². The van der Waals surface area contributed by atoms with Gasteiger partial charge >= 0.3 is 6.18 Å². The van der Waals surface area contributed by atoms with Crippen molar-refractivity contribution < 1.29 is 13.2 Å². The molecule has 70 valence electrons. The molecule has 0 atom stereocenters. The van der Waals surface area contributed by atoms with Crippen LogP contribution in [0.25, 0.3) is 0 Å². The van der Waals surface area contributed by atoms with Gasteiger partial charge in [-0.05, 0) is 18.2 Å². The Labute approximate surface area is 82.7 Å². The minimum atomic E-state index is -4.43. The highest BCUT2D eigenvalue weighted by molar-refractivity contribution is 7.47. The van der Waals surface area contributed by atoms with Crippen LogP contribution < -0.4 is 0 Å². The summed E-state index contributed by atoms with van der Waals surface area (Å²) in [6, 6.07) is 3.10. The molecule has 0 N–H and O–H groups in total. The second-order valence-electron chi connectivity index (χ2n) is 2.25. The fourth-order valence-electron chi connectivity index (χ4n) is 0.791. The van der Waals surface area contributed by atoms with Gasteiger partial charge in [-0.3, -0.25) is 0 Å². The van der Waals surface area contributed by atoms with Crippen molar-refractivity contribution in [1.82, 2.24) is 0 Å². The number of benzene rings is 1. The van der Waals surface area contributed by atoms with Crippen LogP contribution in [0.3, 0.4) is 0 Å². The summed E-state index contributed by atoms with van der Waals surface area (Å²) in [7, 11) is 0. The predicted molar refractivity (Wildman–Crippen MR) is 45.9 cm³/mol. The van der Waals surface area contributed by atoms with Crippen molar-refractivity contribution in [3.05, 3.63) is 28.8 Å². The maximum Gasteiger partial charge on any atom is 0.417 e. The molecule has 0 spiro atoms. The lowest BCUT2D eigenvalue weighted by Crippen LogP contribution is -2.05. The van der Waals surface area contributed by atoms with E-state index in [0.29, 0.717) is 0 Å². The van der Waals surface area contributed by atoms with Crippen LogP contribution in [0.2, 0.25) is 5.02 Å². The molecule has 1 rings (SSSR count). The Morgan fingerprint density at radius 3 is 2.31 bits per heavy atom. The first-order chi connectivity index (χ1) is 5.95. The van der Waals surface area contributed by atoms with Crippen molar-refractivity contribution in [3.8, 4) is 0 Å². The van der Waals surface area contributed by atoms with E-state index in [4.69, 9.17) is 11.6 Å². The van der Waals surface area contributed by atoms with E-state index >= 15 is 0 Å². The number of rotatable bonds is 1. The lowest BCUT2D eigenvalue weighted by atomic mass is 10.2. The van der Waals surface area contributed by atoms with Gasteiger partial charge in [-0.2, -0.15) is 17.5 Å². The van der Waals surface area contributed by atoms with Gasteiger partial charge in [-0.1, -0.05) is 11.6 Å². The molecule has 0 aromatic heterocycles. The molecule has 1 aromatic carbocycles. The fourth-order valence-corrected chi connectivity index (χ4v) is 1.19. The van der Waals surface area contributed by atoms with Gasteiger partial charge in [-0.15, -0.1) is 0 Å². The monoisotopic (exact) mass is 225 g/mol. The van der Waals surface area contributed by atoms with Crippen LogP contribution in [0.4, 0.5) is 18.9 Å². The summed E-state index contributed by atoms with van der Waals surface area (Å²) >= 11 is 9.67. The third kappa shape index (κ3) is 2.38. The van der Waals surface area contributed by atoms with Crippen LogP contribution in [0, 0.1) is 0 Å². The van der Waals surface area contributed by atoms with Gasteiger partial charge in [0.15, 0.2) is 0 Å². The largest absolute Gasteiger partial charge is 0.417 e. The number of nitrogens with zero attached hydrogens (tertiary/aromatic N) is 1. The van der Waals surface area contributed by atoms with Crippen molar-refractivity contribution in [2.24, 2.45) is 4.36 Å². The molecular formula is C7H3ClF3NS. The van der Waals surface area contributed by atoms with Crippen molar-refractivity contribution in [3.63, 3.8) is 0 Å². The fraction of sp³-hybridized carbons (Fsp3) is 0.143. The molecule has 1 nitrogen and oxygen atoms in total. The first kappa shape index (κ1) is 10.4. The van der Waals surface area contributed by atoms with Crippen LogP contribution in [-0.2, 0) is 18.6 Å². The van der Waals surface area contributed by atoms with Crippen LogP contribution in [0.15, 0.2) is 22.6 Å². The Balaban J connectivity index is 3.20. The molecule has 0 aliphatic carbocycles. The number of alkyl halides is 3. The Morgan fingerprint density at radius 1 is 1.31 bits per heavy atom. The Kier molecular flexibility index (Phi) is 2.87. The molecule has 0 bridgehead atoms. The van der Waals surface area contributed by atoms with Gasteiger partial charge in [0.1, 0.15) is 0 Å². The standard InChI is InChI=1S/C7H3ClF3NS/c8-6-3-4(12-13)1-2-5(6)7(9,10)11/h1-3H. The van der Waals surface area contributed by atoms with E-state index in [1.165, 1.54) is 6.07 Å². The maximum absolute atomic E-state index is 12.1. The van der Waals surface area contributed by atoms with Crippen molar-refractivity contribution >= 4 is 29.7 Å². The third-order valence-electron chi connectivity index (χ3n) is 1.36. The quantitative estimate of drug-likeness (QED) is 0.710. The zero-order valence-corrected chi connectivity index (χ0v) is 7.67. The van der Waals surface area contributed by atoms with Gasteiger partial charge < -0.3 is 0 Å². The van der Waals surface area contributed by atoms with Crippen LogP contribution in [0.5, 0.6) is 0 Å². The van der Waals surface area contributed by atoms with Crippen LogP contribution >= 0.6 is 11.6 Å². The minimum absolute atomic E-state index is 0.244. The zero-order valence-electron chi connectivity index (χ0n) is 6.10. The van der Waals surface area contributed by atoms with Crippen LogP contribution in [-0.4, -0.2) is 0 Å². The lowest BCUT2D eigenvalue weighted by molar-refractivity contribution is -0.137. The third-order valence-corrected chi connectivity index (χ3v) is 1.89. The lowest BCUT2D eigenvalue weighted by Gasteiger charge is -2.08. The summed E-state index contributed by atoms with van der Waals surface area (Å²) < 4.78 is 39.7. The SMILES string of the molecule is FC(F)(F)c1ccc(N=S)cc1Cl. The first-order valence-corrected chi connectivity index (χ1v) is 3.89. The minimum Gasteiger partial charge on any atom is -0.182 e. The van der Waals surface area contributed by atoms with E-state index in [0.717, 1.165) is 12.1 Å². The van der Waals surface area contributed by atoms with E-state index in [1.54, 1.807) is 0 Å². The van der Waals surface area contributed by atoms with Crippen molar-refractivity contribution in [2.75, 3.05) is 0 Å². The molecule has 1 aromatic rings. The average molecular weight is 226 g/mol. The molecule has 0 fully saturated rings. The zero-order chi connectivity index (χ0) is 10.1. The molecule has 0 aliphatic heterocycles. The van der Waals surface area contributed by atoms with E-state index in [-0.39, 0.29) is 5.69 Å². The summed E-state index contributed by atoms with van der Waals surface area (Å²) in [6.45, 7) is 0. The molecule has 0 radical (unpaired) electrons. The normalized spacial score (nSPS) is 11.4. The second-order valence-corrected chi connectivity index (χ2v) is 2.84. The Morgan fingerprint density at radius 2 is 1.92 bits per heavy atom. The first-order valence-electron chi connectivity index (χ1n) is 3.15. The van der Waals surface area contributed by atoms with Crippen molar-refractivity contribution in [2.45, 2.75) is 6.18 Å². The summed E-state index contributed by atoms with van der Waals surface area (Å²) in [5.74, 6) is 0. The summed E-state index contributed by atoms with van der Waals surface area (Å²) in [5.41, 5.74) is -0.635. The molecule has 6 heteroatoms. The Bertz CT molecular complexity index is 337. The van der Waals surface area contributed by atoms with Gasteiger partial charge in [0, 0.05) is 12.4 Å². The van der Waals surface area contributed by atoms with Gasteiger partial charge in [0.25, 0.3) is 0 Å². The number of hydrogen-bond donors (Lipinski definition) is 0. The molecule has 0 aliphatic rings. The molecule has 0 amide bonds. The number of halogens is 4. The van der Waals surface area contributed by atoms with Gasteiger partial charge in [0.2, 0.25) is 0 Å². The summed E-state index contributed by atoms with van der Waals surface area (Å²) in [5, 5.41) is -0.390.